The minimum Gasteiger partial charge on any atom is -0.363 e. The lowest BCUT2D eigenvalue weighted by Crippen LogP contribution is -2.15. The van der Waals surface area contributed by atoms with Crippen molar-refractivity contribution in [2.24, 2.45) is 0 Å². The summed E-state index contributed by atoms with van der Waals surface area (Å²) in [6.45, 7) is 0.569. The maximum absolute atomic E-state index is 11.9. The topological polar surface area (TPSA) is 79.8 Å². The maximum Gasteiger partial charge on any atom is 0.230 e. The van der Waals surface area contributed by atoms with Crippen molar-refractivity contribution in [3.63, 3.8) is 0 Å². The predicted octanol–water partition coefficient (Wildman–Crippen LogP) is 2.73. The minimum absolute atomic E-state index is 0.101. The van der Waals surface area contributed by atoms with Crippen LogP contribution in [0.1, 0.15) is 10.6 Å². The SMILES string of the molecule is O=C(Cc1cccs1)Nc1ccc(NCc2ccccn2)nn1. The first-order chi connectivity index (χ1) is 11.3. The Morgan fingerprint density at radius 3 is 2.61 bits per heavy atom. The average molecular weight is 325 g/mol. The standard InChI is InChI=1S/C16H15N5OS/c22-16(10-13-5-3-9-23-13)19-15-7-6-14(20-21-15)18-11-12-4-1-2-8-17-12/h1-9H,10-11H2,(H,18,20)(H,19,21,22). The van der Waals surface area contributed by atoms with Gasteiger partial charge in [0.15, 0.2) is 5.82 Å². The van der Waals surface area contributed by atoms with E-state index in [0.717, 1.165) is 10.6 Å². The molecule has 0 spiro atoms. The molecule has 0 unspecified atom stereocenters. The molecule has 7 heteroatoms. The second-order valence-electron chi connectivity index (χ2n) is 4.78. The van der Waals surface area contributed by atoms with E-state index in [-0.39, 0.29) is 5.91 Å². The summed E-state index contributed by atoms with van der Waals surface area (Å²) >= 11 is 1.56. The van der Waals surface area contributed by atoms with Gasteiger partial charge in [0, 0.05) is 11.1 Å². The molecule has 0 aliphatic heterocycles. The minimum atomic E-state index is -0.101. The smallest absolute Gasteiger partial charge is 0.230 e. The number of carbonyl (C=O) groups excluding carboxylic acids is 1. The summed E-state index contributed by atoms with van der Waals surface area (Å²) in [5.41, 5.74) is 0.919. The van der Waals surface area contributed by atoms with Crippen molar-refractivity contribution in [1.82, 2.24) is 15.2 Å². The molecule has 0 radical (unpaired) electrons. The number of carbonyl (C=O) groups is 1. The molecule has 1 amide bonds. The molecule has 0 aliphatic rings. The van der Waals surface area contributed by atoms with Gasteiger partial charge in [-0.1, -0.05) is 12.1 Å². The van der Waals surface area contributed by atoms with Crippen molar-refractivity contribution >= 4 is 28.9 Å². The molecule has 3 rings (SSSR count). The highest BCUT2D eigenvalue weighted by Crippen LogP contribution is 2.11. The summed E-state index contributed by atoms with van der Waals surface area (Å²) in [4.78, 5) is 17.1. The zero-order chi connectivity index (χ0) is 15.9. The van der Waals surface area contributed by atoms with Gasteiger partial charge < -0.3 is 10.6 Å². The van der Waals surface area contributed by atoms with Gasteiger partial charge in [0.05, 0.1) is 18.7 Å². The fourth-order valence-electron chi connectivity index (χ4n) is 1.94. The molecule has 0 saturated heterocycles. The number of aromatic nitrogens is 3. The van der Waals surface area contributed by atoms with Gasteiger partial charge >= 0.3 is 0 Å². The molecule has 0 bridgehead atoms. The molecule has 0 aliphatic carbocycles. The number of hydrogen-bond donors (Lipinski definition) is 2. The number of thiophene rings is 1. The summed E-state index contributed by atoms with van der Waals surface area (Å²) < 4.78 is 0. The molecule has 23 heavy (non-hydrogen) atoms. The van der Waals surface area contributed by atoms with E-state index in [0.29, 0.717) is 24.6 Å². The lowest BCUT2D eigenvalue weighted by molar-refractivity contribution is -0.115. The summed E-state index contributed by atoms with van der Waals surface area (Å²) in [7, 11) is 0. The highest BCUT2D eigenvalue weighted by molar-refractivity contribution is 7.10. The molecule has 0 saturated carbocycles. The first kappa shape index (κ1) is 15.1. The molecule has 116 valence electrons. The van der Waals surface area contributed by atoms with E-state index < -0.39 is 0 Å². The van der Waals surface area contributed by atoms with E-state index in [1.54, 1.807) is 29.7 Å². The molecule has 0 aromatic carbocycles. The van der Waals surface area contributed by atoms with Crippen LogP contribution in [0.4, 0.5) is 11.6 Å². The van der Waals surface area contributed by atoms with Crippen LogP contribution in [0.15, 0.2) is 54.0 Å². The van der Waals surface area contributed by atoms with Crippen molar-refractivity contribution in [3.8, 4) is 0 Å². The van der Waals surface area contributed by atoms with E-state index in [1.807, 2.05) is 35.7 Å². The normalized spacial score (nSPS) is 10.3. The monoisotopic (exact) mass is 325 g/mol. The molecule has 3 aromatic rings. The highest BCUT2D eigenvalue weighted by Gasteiger charge is 2.06. The van der Waals surface area contributed by atoms with Crippen LogP contribution < -0.4 is 10.6 Å². The number of nitrogens with zero attached hydrogens (tertiary/aromatic N) is 3. The quantitative estimate of drug-likeness (QED) is 0.728. The number of amides is 1. The van der Waals surface area contributed by atoms with E-state index in [9.17, 15) is 4.79 Å². The van der Waals surface area contributed by atoms with Gasteiger partial charge in [-0.2, -0.15) is 0 Å². The second-order valence-corrected chi connectivity index (χ2v) is 5.82. The zero-order valence-corrected chi connectivity index (χ0v) is 13.1. The molecule has 3 heterocycles. The Morgan fingerprint density at radius 1 is 1.04 bits per heavy atom. The van der Waals surface area contributed by atoms with Crippen LogP contribution in [0.5, 0.6) is 0 Å². The van der Waals surface area contributed by atoms with Crippen LogP contribution in [0.25, 0.3) is 0 Å². The fourth-order valence-corrected chi connectivity index (χ4v) is 2.64. The highest BCUT2D eigenvalue weighted by atomic mass is 32.1. The molecule has 2 N–H and O–H groups in total. The summed E-state index contributed by atoms with van der Waals surface area (Å²) in [6.07, 6.45) is 2.09. The van der Waals surface area contributed by atoms with Crippen LogP contribution in [0.2, 0.25) is 0 Å². The third-order valence-corrected chi connectivity index (χ3v) is 3.90. The van der Waals surface area contributed by atoms with Crippen LogP contribution >= 0.6 is 11.3 Å². The van der Waals surface area contributed by atoms with Crippen molar-refractivity contribution in [2.75, 3.05) is 10.6 Å². The Bertz CT molecular complexity index is 744. The van der Waals surface area contributed by atoms with Gasteiger partial charge in [0.2, 0.25) is 5.91 Å². The number of anilines is 2. The number of nitrogens with one attached hydrogen (secondary N) is 2. The lowest BCUT2D eigenvalue weighted by atomic mass is 10.3. The molecule has 3 aromatic heterocycles. The van der Waals surface area contributed by atoms with E-state index >= 15 is 0 Å². The molecule has 0 atom stereocenters. The first-order valence-corrected chi connectivity index (χ1v) is 7.97. The van der Waals surface area contributed by atoms with E-state index in [4.69, 9.17) is 0 Å². The van der Waals surface area contributed by atoms with Crippen molar-refractivity contribution in [2.45, 2.75) is 13.0 Å². The molecule has 0 fully saturated rings. The van der Waals surface area contributed by atoms with Gasteiger partial charge in [0.1, 0.15) is 5.82 Å². The van der Waals surface area contributed by atoms with Crippen LogP contribution in [0.3, 0.4) is 0 Å². The zero-order valence-electron chi connectivity index (χ0n) is 12.3. The van der Waals surface area contributed by atoms with Crippen molar-refractivity contribution < 1.29 is 4.79 Å². The van der Waals surface area contributed by atoms with E-state index in [2.05, 4.69) is 25.8 Å². The fraction of sp³-hybridized carbons (Fsp3) is 0.125. The third-order valence-electron chi connectivity index (χ3n) is 3.02. The Morgan fingerprint density at radius 2 is 1.91 bits per heavy atom. The van der Waals surface area contributed by atoms with Gasteiger partial charge in [-0.05, 0) is 35.7 Å². The number of rotatable bonds is 6. The first-order valence-electron chi connectivity index (χ1n) is 7.09. The van der Waals surface area contributed by atoms with Crippen LogP contribution in [-0.4, -0.2) is 21.1 Å². The molecular formula is C16H15N5OS. The van der Waals surface area contributed by atoms with E-state index in [1.165, 1.54) is 0 Å². The van der Waals surface area contributed by atoms with Gasteiger partial charge in [-0.3, -0.25) is 9.78 Å². The Balaban J connectivity index is 1.51. The number of pyridine rings is 1. The predicted molar refractivity (Wildman–Crippen MR) is 90.2 cm³/mol. The third kappa shape index (κ3) is 4.58. The largest absolute Gasteiger partial charge is 0.363 e. The average Bonchev–Trinajstić information content (AvgIpc) is 3.08. The Kier molecular flexibility index (Phi) is 4.90. The van der Waals surface area contributed by atoms with Gasteiger partial charge in [-0.25, -0.2) is 0 Å². The summed E-state index contributed by atoms with van der Waals surface area (Å²) in [5.74, 6) is 0.970. The Hall–Kier alpha value is -2.80. The van der Waals surface area contributed by atoms with Crippen LogP contribution in [0, 0.1) is 0 Å². The molecule has 6 nitrogen and oxygen atoms in total. The van der Waals surface area contributed by atoms with Crippen molar-refractivity contribution in [3.05, 3.63) is 64.6 Å². The van der Waals surface area contributed by atoms with Gasteiger partial charge in [0.25, 0.3) is 0 Å². The van der Waals surface area contributed by atoms with Crippen LogP contribution in [-0.2, 0) is 17.8 Å². The van der Waals surface area contributed by atoms with Crippen molar-refractivity contribution in [1.29, 1.82) is 0 Å². The van der Waals surface area contributed by atoms with Gasteiger partial charge in [-0.15, -0.1) is 21.5 Å². The lowest BCUT2D eigenvalue weighted by Gasteiger charge is -2.06. The molecular weight excluding hydrogens is 310 g/mol. The Labute approximate surface area is 137 Å². The number of hydrogen-bond acceptors (Lipinski definition) is 6. The summed E-state index contributed by atoms with van der Waals surface area (Å²) in [6, 6.07) is 13.1. The second kappa shape index (κ2) is 7.46. The maximum atomic E-state index is 11.9. The summed E-state index contributed by atoms with van der Waals surface area (Å²) in [5, 5.41) is 15.9.